The van der Waals surface area contributed by atoms with Crippen molar-refractivity contribution in [1.82, 2.24) is 0 Å². The van der Waals surface area contributed by atoms with E-state index in [0.29, 0.717) is 11.3 Å². The second kappa shape index (κ2) is 8.13. The van der Waals surface area contributed by atoms with Crippen LogP contribution in [-0.4, -0.2) is 43.1 Å². The fourth-order valence-corrected chi connectivity index (χ4v) is 2.33. The summed E-state index contributed by atoms with van der Waals surface area (Å²) in [6.45, 7) is -0.113. The van der Waals surface area contributed by atoms with Gasteiger partial charge in [-0.15, -0.1) is 0 Å². The Morgan fingerprint density at radius 2 is 1.59 bits per heavy atom. The lowest BCUT2D eigenvalue weighted by Crippen LogP contribution is -2.23. The van der Waals surface area contributed by atoms with Crippen LogP contribution in [0, 0.1) is 0 Å². The fraction of sp³-hybridized carbons (Fsp3) is 0.158. The van der Waals surface area contributed by atoms with Crippen molar-refractivity contribution in [2.45, 2.75) is 6.10 Å². The van der Waals surface area contributed by atoms with Crippen LogP contribution in [0.25, 0.3) is 0 Å². The molecule has 1 unspecified atom stereocenters. The van der Waals surface area contributed by atoms with E-state index in [9.17, 15) is 19.2 Å². The molecule has 1 atom stereocenters. The maximum atomic E-state index is 12.2. The standard InChI is InChI=1S/C19H15NO7/c21-16(12-4-2-1-3-5-12)17(22)13-6-8-14(9-7-13)20-18(23)25-10-15-11-26-19(24)27-15/h1-9,15H,10-11H2,(H,20,23). The lowest BCUT2D eigenvalue weighted by molar-refractivity contribution is 0.0783. The predicted octanol–water partition coefficient (Wildman–Crippen LogP) is 2.84. The summed E-state index contributed by atoms with van der Waals surface area (Å²) in [5, 5.41) is 2.47. The minimum Gasteiger partial charge on any atom is -0.445 e. The number of carbonyl (C=O) groups is 4. The largest absolute Gasteiger partial charge is 0.508 e. The Hall–Kier alpha value is -3.68. The van der Waals surface area contributed by atoms with Crippen LogP contribution in [0.2, 0.25) is 0 Å². The predicted molar refractivity (Wildman–Crippen MR) is 92.7 cm³/mol. The third kappa shape index (κ3) is 4.69. The van der Waals surface area contributed by atoms with Gasteiger partial charge in [-0.05, 0) is 24.3 Å². The topological polar surface area (TPSA) is 108 Å². The lowest BCUT2D eigenvalue weighted by atomic mass is 10.0. The highest BCUT2D eigenvalue weighted by atomic mass is 16.8. The van der Waals surface area contributed by atoms with Gasteiger partial charge in [-0.3, -0.25) is 14.9 Å². The van der Waals surface area contributed by atoms with Crippen LogP contribution < -0.4 is 5.32 Å². The molecule has 0 spiro atoms. The van der Waals surface area contributed by atoms with Crippen molar-refractivity contribution in [3.05, 3.63) is 65.7 Å². The van der Waals surface area contributed by atoms with Crippen LogP contribution in [0.5, 0.6) is 0 Å². The zero-order chi connectivity index (χ0) is 19.2. The number of cyclic esters (lactones) is 2. The van der Waals surface area contributed by atoms with E-state index in [1.165, 1.54) is 24.3 Å². The van der Waals surface area contributed by atoms with Crippen molar-refractivity contribution in [1.29, 1.82) is 0 Å². The first-order valence-electron chi connectivity index (χ1n) is 8.04. The minimum atomic E-state index is -0.797. The second-order valence-corrected chi connectivity index (χ2v) is 5.63. The molecule has 0 radical (unpaired) electrons. The first-order valence-corrected chi connectivity index (χ1v) is 8.04. The smallest absolute Gasteiger partial charge is 0.445 e. The maximum Gasteiger partial charge on any atom is 0.508 e. The Kier molecular flexibility index (Phi) is 5.46. The third-order valence-corrected chi connectivity index (χ3v) is 3.69. The number of hydrogen-bond donors (Lipinski definition) is 1. The lowest BCUT2D eigenvalue weighted by Gasteiger charge is -2.09. The van der Waals surface area contributed by atoms with E-state index < -0.39 is 29.9 Å². The van der Waals surface area contributed by atoms with Gasteiger partial charge in [0.1, 0.15) is 13.2 Å². The van der Waals surface area contributed by atoms with Crippen LogP contribution in [0.1, 0.15) is 20.7 Å². The average molecular weight is 369 g/mol. The zero-order valence-electron chi connectivity index (χ0n) is 14.0. The maximum absolute atomic E-state index is 12.2. The molecule has 1 fully saturated rings. The molecule has 0 aliphatic carbocycles. The Morgan fingerprint density at radius 3 is 2.19 bits per heavy atom. The van der Waals surface area contributed by atoms with Crippen LogP contribution in [0.4, 0.5) is 15.3 Å². The normalized spacial score (nSPS) is 15.4. The van der Waals surface area contributed by atoms with Crippen molar-refractivity contribution in [2.24, 2.45) is 0 Å². The first-order chi connectivity index (χ1) is 13.0. The van der Waals surface area contributed by atoms with E-state index in [1.54, 1.807) is 30.3 Å². The Morgan fingerprint density at radius 1 is 0.963 bits per heavy atom. The Bertz CT molecular complexity index is 861. The van der Waals surface area contributed by atoms with Gasteiger partial charge < -0.3 is 14.2 Å². The number of nitrogens with one attached hydrogen (secondary N) is 1. The molecule has 8 heteroatoms. The summed E-state index contributed by atoms with van der Waals surface area (Å²) in [6, 6.07) is 14.1. The Labute approximate surface area is 154 Å². The molecule has 1 N–H and O–H groups in total. The van der Waals surface area contributed by atoms with E-state index in [4.69, 9.17) is 9.47 Å². The first kappa shape index (κ1) is 18.1. The molecule has 2 aromatic rings. The van der Waals surface area contributed by atoms with Crippen LogP contribution in [0.3, 0.4) is 0 Å². The van der Waals surface area contributed by atoms with E-state index in [0.717, 1.165) is 0 Å². The molecule has 8 nitrogen and oxygen atoms in total. The molecule has 1 aliphatic heterocycles. The van der Waals surface area contributed by atoms with Gasteiger partial charge in [0.25, 0.3) is 0 Å². The number of ether oxygens (including phenoxy) is 3. The molecule has 3 rings (SSSR count). The summed E-state index contributed by atoms with van der Waals surface area (Å²) in [5.74, 6) is -1.25. The summed E-state index contributed by atoms with van der Waals surface area (Å²) >= 11 is 0. The molecular formula is C19H15NO7. The SMILES string of the molecule is O=C(Nc1ccc(C(=O)C(=O)c2ccccc2)cc1)OCC1COC(=O)O1. The van der Waals surface area contributed by atoms with E-state index in [-0.39, 0.29) is 18.8 Å². The number of benzene rings is 2. The van der Waals surface area contributed by atoms with Crippen molar-refractivity contribution in [3.63, 3.8) is 0 Å². The monoisotopic (exact) mass is 369 g/mol. The molecule has 1 aliphatic rings. The highest BCUT2D eigenvalue weighted by Gasteiger charge is 2.26. The molecule has 2 aromatic carbocycles. The van der Waals surface area contributed by atoms with Gasteiger partial charge >= 0.3 is 12.2 Å². The second-order valence-electron chi connectivity index (χ2n) is 5.63. The van der Waals surface area contributed by atoms with Gasteiger partial charge in [0, 0.05) is 16.8 Å². The van der Waals surface area contributed by atoms with Crippen molar-refractivity contribution in [3.8, 4) is 0 Å². The molecule has 0 saturated carbocycles. The number of rotatable bonds is 6. The quantitative estimate of drug-likeness (QED) is 0.474. The number of carbonyl (C=O) groups excluding carboxylic acids is 4. The minimum absolute atomic E-state index is 0.0262. The average Bonchev–Trinajstić information content (AvgIpc) is 3.12. The molecule has 1 saturated heterocycles. The van der Waals surface area contributed by atoms with Crippen LogP contribution >= 0.6 is 0 Å². The van der Waals surface area contributed by atoms with Gasteiger partial charge in [0.05, 0.1) is 0 Å². The summed E-state index contributed by atoms with van der Waals surface area (Å²) in [5.41, 5.74) is 0.894. The number of anilines is 1. The zero-order valence-corrected chi connectivity index (χ0v) is 14.0. The number of hydrogen-bond acceptors (Lipinski definition) is 7. The summed E-state index contributed by atoms with van der Waals surface area (Å²) in [7, 11) is 0. The number of amides is 1. The van der Waals surface area contributed by atoms with Gasteiger partial charge in [0.2, 0.25) is 11.6 Å². The van der Waals surface area contributed by atoms with Crippen molar-refractivity contribution < 1.29 is 33.4 Å². The van der Waals surface area contributed by atoms with Crippen LogP contribution in [0.15, 0.2) is 54.6 Å². The third-order valence-electron chi connectivity index (χ3n) is 3.69. The summed E-state index contributed by atoms with van der Waals surface area (Å²) in [6.07, 6.45) is -2.18. The molecule has 1 heterocycles. The molecule has 27 heavy (non-hydrogen) atoms. The van der Waals surface area contributed by atoms with Crippen molar-refractivity contribution >= 4 is 29.5 Å². The molecule has 138 valence electrons. The number of Topliss-reactive ketones (excluding diaryl/α,β-unsaturated/α-hetero) is 2. The van der Waals surface area contributed by atoms with Gasteiger partial charge in [-0.2, -0.15) is 0 Å². The van der Waals surface area contributed by atoms with Gasteiger partial charge in [0.15, 0.2) is 6.10 Å². The molecule has 0 bridgehead atoms. The fourth-order valence-electron chi connectivity index (χ4n) is 2.33. The summed E-state index contributed by atoms with van der Waals surface area (Å²) < 4.78 is 14.2. The number of ketones is 2. The van der Waals surface area contributed by atoms with Crippen LogP contribution in [-0.2, 0) is 14.2 Å². The Balaban J connectivity index is 1.53. The molecule has 0 aromatic heterocycles. The van der Waals surface area contributed by atoms with Gasteiger partial charge in [-0.1, -0.05) is 30.3 Å². The molecular weight excluding hydrogens is 354 g/mol. The van der Waals surface area contributed by atoms with E-state index in [1.807, 2.05) is 0 Å². The van der Waals surface area contributed by atoms with Crippen molar-refractivity contribution in [2.75, 3.05) is 18.5 Å². The van der Waals surface area contributed by atoms with E-state index >= 15 is 0 Å². The summed E-state index contributed by atoms with van der Waals surface area (Å²) in [4.78, 5) is 46.9. The highest BCUT2D eigenvalue weighted by molar-refractivity contribution is 6.49. The van der Waals surface area contributed by atoms with Gasteiger partial charge in [-0.25, -0.2) is 9.59 Å². The van der Waals surface area contributed by atoms with E-state index in [2.05, 4.69) is 10.1 Å². The highest BCUT2D eigenvalue weighted by Crippen LogP contribution is 2.13. The molecule has 1 amide bonds.